The summed E-state index contributed by atoms with van der Waals surface area (Å²) < 4.78 is 107. The quantitative estimate of drug-likeness (QED) is 0.129. The van der Waals surface area contributed by atoms with Gasteiger partial charge in [0.15, 0.2) is 0 Å². The fourth-order valence-electron chi connectivity index (χ4n) is 4.59. The van der Waals surface area contributed by atoms with Crippen molar-refractivity contribution in [3.8, 4) is 11.3 Å². The monoisotopic (exact) mass is 666 g/mol. The first kappa shape index (κ1) is 34.2. The van der Waals surface area contributed by atoms with Gasteiger partial charge in [-0.3, -0.25) is 14.3 Å². The molecule has 3 aromatic carbocycles. The maximum Gasteiger partial charge on any atom is 0.416 e. The van der Waals surface area contributed by atoms with Gasteiger partial charge < -0.3 is 11.1 Å². The average molecular weight is 667 g/mol. The zero-order valence-electron chi connectivity index (χ0n) is 24.2. The first-order valence-corrected chi connectivity index (χ1v) is 15.5. The predicted octanol–water partition coefficient (Wildman–Crippen LogP) is 6.63. The van der Waals surface area contributed by atoms with E-state index in [0.29, 0.717) is 41.6 Å². The number of fused-ring (bicyclic) bond motifs is 1. The first-order valence-electron chi connectivity index (χ1n) is 13.9. The van der Waals surface area contributed by atoms with Gasteiger partial charge in [0.2, 0.25) is 15.9 Å². The summed E-state index contributed by atoms with van der Waals surface area (Å²) in [6.45, 7) is 1.80. The van der Waals surface area contributed by atoms with Gasteiger partial charge in [0.25, 0.3) is 5.91 Å². The maximum atomic E-state index is 13.3. The number of nitrogens with two attached hydrogens (primary N) is 1. The smallest absolute Gasteiger partial charge is 0.399 e. The molecule has 2 amide bonds. The van der Waals surface area contributed by atoms with Crippen LogP contribution in [0, 0.1) is 0 Å². The minimum atomic E-state index is -5.03. The van der Waals surface area contributed by atoms with Gasteiger partial charge in [-0.15, -0.1) is 0 Å². The molecule has 1 aromatic heterocycles. The molecule has 0 aliphatic carbocycles. The normalized spacial score (nSPS) is 12.9. The van der Waals surface area contributed by atoms with E-state index in [1.54, 1.807) is 25.1 Å². The number of nitrogens with one attached hydrogen (secondary N) is 2. The van der Waals surface area contributed by atoms with Gasteiger partial charge in [0, 0.05) is 22.2 Å². The van der Waals surface area contributed by atoms with Crippen molar-refractivity contribution in [1.29, 1.82) is 0 Å². The number of alkyl halides is 6. The lowest BCUT2D eigenvalue weighted by atomic mass is 10.0. The van der Waals surface area contributed by atoms with Gasteiger partial charge in [0.05, 0.1) is 40.6 Å². The molecule has 1 heterocycles. The molecule has 4 N–H and O–H groups in total. The Bertz CT molecular complexity index is 1850. The maximum absolute atomic E-state index is 13.3. The van der Waals surface area contributed by atoms with Gasteiger partial charge in [-0.25, -0.2) is 13.4 Å². The van der Waals surface area contributed by atoms with Crippen LogP contribution in [0.1, 0.15) is 59.3 Å². The standard InChI is InChI=1S/C31H28F6N4O4S/c1-2-3-11-46(44,45)41-28(42)17-27(18-5-4-6-24(38)15-18)40-29(43)20-8-10-25-19(12-20)7-9-26(39-25)21-13-22(30(32,33)34)16-23(14-21)31(35,36)37/h4-10,12-16,27H,2-3,11,17,38H2,1H3,(H,40,43)(H,41,42). The number of sulfonamides is 1. The third-order valence-electron chi connectivity index (χ3n) is 6.88. The minimum absolute atomic E-state index is 0.0293. The van der Waals surface area contributed by atoms with E-state index >= 15 is 0 Å². The van der Waals surface area contributed by atoms with Crippen molar-refractivity contribution in [3.63, 3.8) is 0 Å². The van der Waals surface area contributed by atoms with Crippen LogP contribution in [0.15, 0.2) is 72.8 Å². The molecule has 46 heavy (non-hydrogen) atoms. The van der Waals surface area contributed by atoms with Gasteiger partial charge in [0.1, 0.15) is 0 Å². The molecule has 0 spiro atoms. The molecule has 0 saturated carbocycles. The fourth-order valence-corrected chi connectivity index (χ4v) is 5.79. The molecule has 0 aliphatic rings. The Morgan fingerprint density at radius 3 is 2.17 bits per heavy atom. The summed E-state index contributed by atoms with van der Waals surface area (Å²) in [4.78, 5) is 30.2. The molecule has 4 rings (SSSR count). The summed E-state index contributed by atoms with van der Waals surface area (Å²) in [6.07, 6.45) is -9.53. The molecule has 0 bridgehead atoms. The number of halogens is 6. The van der Waals surface area contributed by atoms with Crippen LogP contribution in [0.5, 0.6) is 0 Å². The number of nitrogen functional groups attached to an aromatic ring is 1. The second-order valence-electron chi connectivity index (χ2n) is 10.5. The Morgan fingerprint density at radius 1 is 0.891 bits per heavy atom. The van der Waals surface area contributed by atoms with Crippen LogP contribution in [0.2, 0.25) is 0 Å². The lowest BCUT2D eigenvalue weighted by molar-refractivity contribution is -0.143. The average Bonchev–Trinajstić information content (AvgIpc) is 2.97. The molecular formula is C31H28F6N4O4S. The van der Waals surface area contributed by atoms with Gasteiger partial charge in [-0.1, -0.05) is 31.5 Å². The second kappa shape index (κ2) is 13.4. The predicted molar refractivity (Wildman–Crippen MR) is 160 cm³/mol. The van der Waals surface area contributed by atoms with Crippen LogP contribution in [-0.4, -0.2) is 31.0 Å². The number of hydrogen-bond donors (Lipinski definition) is 3. The van der Waals surface area contributed by atoms with E-state index in [2.05, 4.69) is 10.3 Å². The van der Waals surface area contributed by atoms with Crippen LogP contribution >= 0.6 is 0 Å². The third-order valence-corrected chi connectivity index (χ3v) is 8.24. The highest BCUT2D eigenvalue weighted by Crippen LogP contribution is 2.38. The Labute approximate surface area is 260 Å². The lowest BCUT2D eigenvalue weighted by Gasteiger charge is -2.20. The van der Waals surface area contributed by atoms with E-state index in [1.807, 2.05) is 4.72 Å². The van der Waals surface area contributed by atoms with Gasteiger partial charge in [-0.05, 0) is 66.6 Å². The van der Waals surface area contributed by atoms with E-state index in [1.165, 1.54) is 36.4 Å². The highest BCUT2D eigenvalue weighted by Gasteiger charge is 2.37. The summed E-state index contributed by atoms with van der Waals surface area (Å²) in [5, 5.41) is 3.04. The number of aromatic nitrogens is 1. The number of unbranched alkanes of at least 4 members (excludes halogenated alkanes) is 1. The number of hydrogen-bond acceptors (Lipinski definition) is 6. The van der Waals surface area contributed by atoms with Crippen molar-refractivity contribution < 1.29 is 44.3 Å². The second-order valence-corrected chi connectivity index (χ2v) is 12.3. The van der Waals surface area contributed by atoms with Crippen LogP contribution in [0.4, 0.5) is 32.0 Å². The molecule has 0 saturated heterocycles. The molecule has 1 unspecified atom stereocenters. The SMILES string of the molecule is CCCCS(=O)(=O)NC(=O)CC(NC(=O)c1ccc2nc(-c3cc(C(F)(F)F)cc(C(F)(F)F)c3)ccc2c1)c1cccc(N)c1. The molecule has 15 heteroatoms. The van der Waals surface area contributed by atoms with Crippen LogP contribution in [0.25, 0.3) is 22.2 Å². The molecule has 244 valence electrons. The number of benzene rings is 3. The van der Waals surface area contributed by atoms with Crippen molar-refractivity contribution in [2.75, 3.05) is 11.5 Å². The first-order chi connectivity index (χ1) is 21.4. The van der Waals surface area contributed by atoms with Crippen LogP contribution < -0.4 is 15.8 Å². The largest absolute Gasteiger partial charge is 0.416 e. The summed E-state index contributed by atoms with van der Waals surface area (Å²) in [5.41, 5.74) is 3.41. The van der Waals surface area contributed by atoms with E-state index in [9.17, 15) is 44.3 Å². The molecule has 0 aliphatic heterocycles. The Kier molecular flexibility index (Phi) is 9.94. The van der Waals surface area contributed by atoms with E-state index in [4.69, 9.17) is 5.73 Å². The summed E-state index contributed by atoms with van der Waals surface area (Å²) in [5.74, 6) is -1.75. The van der Waals surface area contributed by atoms with Crippen molar-refractivity contribution >= 4 is 38.4 Å². The minimum Gasteiger partial charge on any atom is -0.399 e. The molecule has 4 aromatic rings. The van der Waals surface area contributed by atoms with Crippen LogP contribution in [-0.2, 0) is 27.2 Å². The van der Waals surface area contributed by atoms with Crippen molar-refractivity contribution in [2.45, 2.75) is 44.6 Å². The molecule has 0 radical (unpaired) electrons. The number of anilines is 1. The van der Waals surface area contributed by atoms with Crippen molar-refractivity contribution in [3.05, 3.63) is 95.1 Å². The molecular weight excluding hydrogens is 638 g/mol. The van der Waals surface area contributed by atoms with Crippen LogP contribution in [0.3, 0.4) is 0 Å². The number of carbonyl (C=O) groups excluding carboxylic acids is 2. The zero-order chi connectivity index (χ0) is 33.9. The molecule has 0 fully saturated rings. The lowest BCUT2D eigenvalue weighted by Crippen LogP contribution is -2.37. The Balaban J connectivity index is 1.61. The molecule has 1 atom stereocenters. The summed E-state index contributed by atoms with van der Waals surface area (Å²) >= 11 is 0. The highest BCUT2D eigenvalue weighted by atomic mass is 32.2. The Hall–Kier alpha value is -4.66. The zero-order valence-corrected chi connectivity index (χ0v) is 25.0. The summed E-state index contributed by atoms with van der Waals surface area (Å²) in [6, 6.07) is 13.2. The van der Waals surface area contributed by atoms with Gasteiger partial charge in [-0.2, -0.15) is 26.3 Å². The number of rotatable bonds is 10. The van der Waals surface area contributed by atoms with E-state index in [0.717, 1.165) is 0 Å². The fraction of sp³-hybridized carbons (Fsp3) is 0.258. The van der Waals surface area contributed by atoms with Gasteiger partial charge >= 0.3 is 12.4 Å². The van der Waals surface area contributed by atoms with Crippen molar-refractivity contribution in [1.82, 2.24) is 15.0 Å². The number of amides is 2. The van der Waals surface area contributed by atoms with Crippen molar-refractivity contribution in [2.24, 2.45) is 0 Å². The number of carbonyl (C=O) groups is 2. The Morgan fingerprint density at radius 2 is 1.57 bits per heavy atom. The van der Waals surface area contributed by atoms with E-state index in [-0.39, 0.29) is 28.6 Å². The number of pyridine rings is 1. The number of nitrogens with zero attached hydrogens (tertiary/aromatic N) is 1. The topological polar surface area (TPSA) is 131 Å². The summed E-state index contributed by atoms with van der Waals surface area (Å²) in [7, 11) is -3.88. The third kappa shape index (κ3) is 8.74. The molecule has 8 nitrogen and oxygen atoms in total. The van der Waals surface area contributed by atoms with E-state index < -0.39 is 63.3 Å². The highest BCUT2D eigenvalue weighted by molar-refractivity contribution is 7.90.